The Labute approximate surface area is 336 Å². The maximum absolute atomic E-state index is 12.6. The molecule has 0 saturated carbocycles. The van der Waals surface area contributed by atoms with Crippen molar-refractivity contribution in [1.82, 2.24) is 0 Å². The topological polar surface area (TPSA) is 134 Å². The first kappa shape index (κ1) is 52.7. The van der Waals surface area contributed by atoms with Crippen molar-refractivity contribution in [2.45, 2.75) is 187 Å². The zero-order valence-corrected chi connectivity index (χ0v) is 35.8. The van der Waals surface area contributed by atoms with E-state index in [2.05, 4.69) is 74.6 Å². The molecule has 9 nitrogen and oxygen atoms in total. The molecule has 2 unspecified atom stereocenters. The van der Waals surface area contributed by atoms with Crippen molar-refractivity contribution in [3.05, 3.63) is 60.8 Å². The van der Waals surface area contributed by atoms with Crippen molar-refractivity contribution >= 4 is 19.8 Å². The molecule has 0 aromatic rings. The summed E-state index contributed by atoms with van der Waals surface area (Å²) in [5.74, 6) is -0.857. The molecule has 0 amide bonds. The number of unbranched alkanes of at least 4 members (excludes halogenated alkanes) is 17. The summed E-state index contributed by atoms with van der Waals surface area (Å²) in [4.78, 5) is 34.9. The Morgan fingerprint density at radius 3 is 1.51 bits per heavy atom. The Hall–Kier alpha value is -2.29. The van der Waals surface area contributed by atoms with Gasteiger partial charge in [-0.1, -0.05) is 152 Å². The Bertz CT molecular complexity index is 1090. The van der Waals surface area contributed by atoms with Gasteiger partial charge in [-0.3, -0.25) is 18.6 Å². The molecule has 318 valence electrons. The summed E-state index contributed by atoms with van der Waals surface area (Å²) >= 11 is 0. The minimum absolute atomic E-state index is 0.0472. The van der Waals surface area contributed by atoms with Crippen molar-refractivity contribution in [1.29, 1.82) is 0 Å². The molecule has 0 aliphatic rings. The number of rotatable bonds is 40. The lowest BCUT2D eigenvalue weighted by atomic mass is 10.1. The second-order valence-electron chi connectivity index (χ2n) is 14.2. The first-order chi connectivity index (χ1) is 26.8. The lowest BCUT2D eigenvalue weighted by Gasteiger charge is -2.19. The van der Waals surface area contributed by atoms with Crippen LogP contribution in [0.15, 0.2) is 60.8 Å². The van der Waals surface area contributed by atoms with Crippen LogP contribution in [-0.2, 0) is 32.7 Å². The molecular formula is C45H80NO8P. The van der Waals surface area contributed by atoms with Crippen molar-refractivity contribution in [2.24, 2.45) is 5.73 Å². The summed E-state index contributed by atoms with van der Waals surface area (Å²) in [6.45, 7) is 3.58. The highest BCUT2D eigenvalue weighted by Crippen LogP contribution is 2.43. The van der Waals surface area contributed by atoms with Crippen LogP contribution in [0.3, 0.4) is 0 Å². The van der Waals surface area contributed by atoms with Gasteiger partial charge < -0.3 is 20.1 Å². The zero-order chi connectivity index (χ0) is 40.3. The van der Waals surface area contributed by atoms with Gasteiger partial charge in [-0.25, -0.2) is 4.57 Å². The largest absolute Gasteiger partial charge is 0.472 e. The monoisotopic (exact) mass is 794 g/mol. The van der Waals surface area contributed by atoms with Crippen LogP contribution in [-0.4, -0.2) is 49.3 Å². The van der Waals surface area contributed by atoms with Crippen LogP contribution in [0.5, 0.6) is 0 Å². The Kier molecular flexibility index (Phi) is 39.6. The highest BCUT2D eigenvalue weighted by molar-refractivity contribution is 7.47. The lowest BCUT2D eigenvalue weighted by Crippen LogP contribution is -2.29. The average molecular weight is 794 g/mol. The van der Waals surface area contributed by atoms with Gasteiger partial charge in [0.25, 0.3) is 0 Å². The number of ether oxygens (including phenoxy) is 2. The van der Waals surface area contributed by atoms with Gasteiger partial charge in [-0.15, -0.1) is 0 Å². The molecule has 0 rings (SSSR count). The lowest BCUT2D eigenvalue weighted by molar-refractivity contribution is -0.161. The summed E-state index contributed by atoms with van der Waals surface area (Å²) in [7, 11) is -4.38. The number of phosphoric ester groups is 1. The van der Waals surface area contributed by atoms with Gasteiger partial charge in [-0.2, -0.15) is 0 Å². The van der Waals surface area contributed by atoms with Crippen LogP contribution in [0.1, 0.15) is 181 Å². The van der Waals surface area contributed by atoms with E-state index in [-0.39, 0.29) is 32.6 Å². The van der Waals surface area contributed by atoms with Crippen LogP contribution in [0.25, 0.3) is 0 Å². The third kappa shape index (κ3) is 41.2. The molecule has 0 aliphatic heterocycles. The number of nitrogens with two attached hydrogens (primary N) is 1. The molecule has 2 atom stereocenters. The summed E-state index contributed by atoms with van der Waals surface area (Å²) in [5.41, 5.74) is 5.35. The SMILES string of the molecule is CC/C=C\C/C=C\C/C=C\C/C=C\CCCCCCCCC(=O)OC(COC(=O)CCCCCCC/C=C\CCCCCCCC)COP(=O)(O)OCCN. The molecule has 0 aromatic carbocycles. The first-order valence-corrected chi connectivity index (χ1v) is 23.3. The van der Waals surface area contributed by atoms with Gasteiger partial charge in [0.15, 0.2) is 6.10 Å². The van der Waals surface area contributed by atoms with Crippen LogP contribution in [0, 0.1) is 0 Å². The normalized spacial score (nSPS) is 13.9. The maximum Gasteiger partial charge on any atom is 0.472 e. The molecule has 0 aromatic heterocycles. The average Bonchev–Trinajstić information content (AvgIpc) is 3.17. The van der Waals surface area contributed by atoms with Crippen molar-refractivity contribution < 1.29 is 37.6 Å². The highest BCUT2D eigenvalue weighted by atomic mass is 31.2. The number of carbonyl (C=O) groups excluding carboxylic acids is 2. The molecule has 0 spiro atoms. The van der Waals surface area contributed by atoms with Crippen LogP contribution >= 0.6 is 7.82 Å². The predicted molar refractivity (Wildman–Crippen MR) is 229 cm³/mol. The number of carbonyl (C=O) groups is 2. The molecule has 0 aliphatic carbocycles. The fraction of sp³-hybridized carbons (Fsp3) is 0.733. The number of hydrogen-bond acceptors (Lipinski definition) is 8. The molecule has 3 N–H and O–H groups in total. The third-order valence-electron chi connectivity index (χ3n) is 8.89. The summed E-state index contributed by atoms with van der Waals surface area (Å²) in [5, 5.41) is 0. The number of phosphoric acid groups is 1. The van der Waals surface area contributed by atoms with E-state index < -0.39 is 32.5 Å². The van der Waals surface area contributed by atoms with E-state index in [1.54, 1.807) is 0 Å². The summed E-state index contributed by atoms with van der Waals surface area (Å²) in [6.07, 6.45) is 48.2. The van der Waals surface area contributed by atoms with Crippen LogP contribution in [0.2, 0.25) is 0 Å². The van der Waals surface area contributed by atoms with E-state index in [1.807, 2.05) is 0 Å². The third-order valence-corrected chi connectivity index (χ3v) is 9.87. The van der Waals surface area contributed by atoms with Gasteiger partial charge in [-0.05, 0) is 77.0 Å². The molecule has 10 heteroatoms. The second kappa shape index (κ2) is 41.3. The smallest absolute Gasteiger partial charge is 0.462 e. The quantitative estimate of drug-likeness (QED) is 0.0269. The maximum atomic E-state index is 12.6. The van der Waals surface area contributed by atoms with Crippen molar-refractivity contribution in [3.63, 3.8) is 0 Å². The molecule has 55 heavy (non-hydrogen) atoms. The van der Waals surface area contributed by atoms with E-state index in [0.29, 0.717) is 6.42 Å². The Morgan fingerprint density at radius 2 is 1.00 bits per heavy atom. The van der Waals surface area contributed by atoms with Crippen LogP contribution < -0.4 is 5.73 Å². The Balaban J connectivity index is 4.20. The van der Waals surface area contributed by atoms with Gasteiger partial charge in [0, 0.05) is 19.4 Å². The molecule has 0 fully saturated rings. The van der Waals surface area contributed by atoms with E-state index in [4.69, 9.17) is 24.3 Å². The minimum Gasteiger partial charge on any atom is -0.462 e. The first-order valence-electron chi connectivity index (χ1n) is 21.8. The number of hydrogen-bond donors (Lipinski definition) is 2. The highest BCUT2D eigenvalue weighted by Gasteiger charge is 2.26. The zero-order valence-electron chi connectivity index (χ0n) is 34.9. The molecule has 0 saturated heterocycles. The van der Waals surface area contributed by atoms with E-state index in [9.17, 15) is 19.0 Å². The van der Waals surface area contributed by atoms with Gasteiger partial charge in [0.2, 0.25) is 0 Å². The standard InChI is InChI=1S/C45H80NO8P/c1-3-5-7-9-11-13-15-17-19-20-21-22-24-26-28-30-32-34-36-38-45(48)54-43(42-53-55(49,50)52-40-39-46)41-51-44(47)37-35-33-31-29-27-25-23-18-16-14-12-10-8-6-4-2/h5,7,11,13,17-19,21-23,43H,3-4,6,8-10,12,14-16,20,24-42,46H2,1-2H3,(H,49,50)/b7-5-,13-11-,19-17-,22-21-,23-18-. The van der Waals surface area contributed by atoms with Gasteiger partial charge in [0.1, 0.15) is 6.61 Å². The van der Waals surface area contributed by atoms with E-state index >= 15 is 0 Å². The minimum atomic E-state index is -4.38. The van der Waals surface area contributed by atoms with Crippen LogP contribution in [0.4, 0.5) is 0 Å². The Morgan fingerprint density at radius 1 is 0.564 bits per heavy atom. The molecule has 0 radical (unpaired) electrons. The fourth-order valence-electron chi connectivity index (χ4n) is 5.68. The second-order valence-corrected chi connectivity index (χ2v) is 15.6. The van der Waals surface area contributed by atoms with Crippen molar-refractivity contribution in [3.8, 4) is 0 Å². The number of allylic oxidation sites excluding steroid dienone is 10. The molecule has 0 heterocycles. The fourth-order valence-corrected chi connectivity index (χ4v) is 6.44. The summed E-state index contributed by atoms with van der Waals surface area (Å²) < 4.78 is 32.8. The predicted octanol–water partition coefficient (Wildman–Crippen LogP) is 12.5. The molecular weight excluding hydrogens is 713 g/mol. The molecule has 0 bridgehead atoms. The summed E-state index contributed by atoms with van der Waals surface area (Å²) in [6, 6.07) is 0. The van der Waals surface area contributed by atoms with Crippen molar-refractivity contribution in [2.75, 3.05) is 26.4 Å². The van der Waals surface area contributed by atoms with Gasteiger partial charge >= 0.3 is 19.8 Å². The van der Waals surface area contributed by atoms with E-state index in [1.165, 1.54) is 44.9 Å². The number of esters is 2. The van der Waals surface area contributed by atoms with Gasteiger partial charge in [0.05, 0.1) is 13.2 Å². The van der Waals surface area contributed by atoms with E-state index in [0.717, 1.165) is 103 Å².